The van der Waals surface area contributed by atoms with Crippen molar-refractivity contribution < 1.29 is 4.79 Å². The van der Waals surface area contributed by atoms with Gasteiger partial charge in [-0.05, 0) is 40.3 Å². The number of aryl methyl sites for hydroxylation is 1. The van der Waals surface area contributed by atoms with Gasteiger partial charge in [-0.3, -0.25) is 4.79 Å². The zero-order chi connectivity index (χ0) is 16.3. The number of hydrogen-bond donors (Lipinski definition) is 2. The molecule has 0 aliphatic carbocycles. The second-order valence-electron chi connectivity index (χ2n) is 5.90. The number of aromatic nitrogens is 3. The predicted molar refractivity (Wildman–Crippen MR) is 88.1 cm³/mol. The molecule has 22 heavy (non-hydrogen) atoms. The van der Waals surface area contributed by atoms with E-state index in [9.17, 15) is 4.79 Å². The number of carbonyl (C=O) groups excluding carboxylic acids is 1. The van der Waals surface area contributed by atoms with Crippen molar-refractivity contribution in [1.29, 1.82) is 0 Å². The minimum Gasteiger partial charge on any atom is -0.350 e. The van der Waals surface area contributed by atoms with Crippen LogP contribution < -0.4 is 10.6 Å². The van der Waals surface area contributed by atoms with E-state index in [1.165, 1.54) is 0 Å². The Labute approximate surface area is 131 Å². The summed E-state index contributed by atoms with van der Waals surface area (Å²) < 4.78 is 1.85. The van der Waals surface area contributed by atoms with Crippen molar-refractivity contribution in [2.24, 2.45) is 0 Å². The zero-order valence-corrected chi connectivity index (χ0v) is 14.0. The molecule has 0 aromatic carbocycles. The third-order valence-electron chi connectivity index (χ3n) is 3.55. The van der Waals surface area contributed by atoms with Crippen LogP contribution in [0.3, 0.4) is 0 Å². The summed E-state index contributed by atoms with van der Waals surface area (Å²) in [6.45, 7) is 11.6. The molecule has 6 heteroatoms. The summed E-state index contributed by atoms with van der Waals surface area (Å²) in [5.74, 6) is -0.0800. The number of fused-ring (bicyclic) bond motifs is 1. The highest BCUT2D eigenvalue weighted by Gasteiger charge is 2.17. The van der Waals surface area contributed by atoms with Gasteiger partial charge in [0.15, 0.2) is 5.65 Å². The van der Waals surface area contributed by atoms with Gasteiger partial charge in [-0.1, -0.05) is 6.92 Å². The largest absolute Gasteiger partial charge is 0.350 e. The van der Waals surface area contributed by atoms with E-state index in [-0.39, 0.29) is 18.0 Å². The van der Waals surface area contributed by atoms with E-state index in [0.29, 0.717) is 12.1 Å². The number of amides is 1. The predicted octanol–water partition coefficient (Wildman–Crippen LogP) is 2.05. The van der Waals surface area contributed by atoms with Gasteiger partial charge in [-0.2, -0.15) is 5.10 Å². The average Bonchev–Trinajstić information content (AvgIpc) is 2.87. The molecule has 2 aromatic rings. The summed E-state index contributed by atoms with van der Waals surface area (Å²) in [7, 11) is 0. The molecule has 2 aromatic heterocycles. The quantitative estimate of drug-likeness (QED) is 0.856. The summed E-state index contributed by atoms with van der Waals surface area (Å²) in [5, 5.41) is 11.4. The van der Waals surface area contributed by atoms with Crippen LogP contribution in [0.15, 0.2) is 12.3 Å². The van der Waals surface area contributed by atoms with Gasteiger partial charge in [0, 0.05) is 24.3 Å². The smallest absolute Gasteiger partial charge is 0.252 e. The van der Waals surface area contributed by atoms with Gasteiger partial charge in [0.2, 0.25) is 0 Å². The average molecular weight is 303 g/mol. The molecule has 1 atom stereocenters. The van der Waals surface area contributed by atoms with E-state index in [1.54, 1.807) is 6.20 Å². The Morgan fingerprint density at radius 2 is 2.09 bits per heavy atom. The minimum atomic E-state index is -0.0800. The molecule has 0 aliphatic rings. The van der Waals surface area contributed by atoms with E-state index < -0.39 is 0 Å². The first-order valence-electron chi connectivity index (χ1n) is 7.80. The Morgan fingerprint density at radius 1 is 1.36 bits per heavy atom. The van der Waals surface area contributed by atoms with Gasteiger partial charge in [0.05, 0.1) is 17.1 Å². The molecule has 0 spiro atoms. The maximum Gasteiger partial charge on any atom is 0.252 e. The lowest BCUT2D eigenvalue weighted by molar-refractivity contribution is 0.0951. The van der Waals surface area contributed by atoms with Crippen LogP contribution in [-0.4, -0.2) is 39.8 Å². The number of nitrogens with zero attached hydrogens (tertiary/aromatic N) is 3. The van der Waals surface area contributed by atoms with E-state index in [2.05, 4.69) is 20.7 Å². The highest BCUT2D eigenvalue weighted by molar-refractivity contribution is 6.05. The Morgan fingerprint density at radius 3 is 2.73 bits per heavy atom. The van der Waals surface area contributed by atoms with Gasteiger partial charge in [0.25, 0.3) is 5.91 Å². The Bertz CT molecular complexity index is 662. The highest BCUT2D eigenvalue weighted by Crippen LogP contribution is 2.20. The van der Waals surface area contributed by atoms with Crippen molar-refractivity contribution in [3.8, 4) is 0 Å². The number of pyridine rings is 1. The molecule has 1 amide bonds. The van der Waals surface area contributed by atoms with Crippen molar-refractivity contribution >= 4 is 16.9 Å². The molecule has 0 radical (unpaired) electrons. The Kier molecular flexibility index (Phi) is 5.13. The Balaban J connectivity index is 2.29. The molecular formula is C16H25N5O. The summed E-state index contributed by atoms with van der Waals surface area (Å²) in [4.78, 5) is 17.0. The first kappa shape index (κ1) is 16.4. The third-order valence-corrected chi connectivity index (χ3v) is 3.55. The van der Waals surface area contributed by atoms with Crippen molar-refractivity contribution in [2.45, 2.75) is 46.7 Å². The van der Waals surface area contributed by atoms with E-state index in [0.717, 1.165) is 23.3 Å². The van der Waals surface area contributed by atoms with Crippen LogP contribution in [0.4, 0.5) is 0 Å². The number of carbonyl (C=O) groups is 1. The van der Waals surface area contributed by atoms with Crippen LogP contribution in [0.2, 0.25) is 0 Å². The lowest BCUT2D eigenvalue weighted by atomic mass is 10.1. The van der Waals surface area contributed by atoms with Crippen LogP contribution in [0.25, 0.3) is 11.0 Å². The molecular weight excluding hydrogens is 278 g/mol. The molecule has 0 unspecified atom stereocenters. The molecule has 120 valence electrons. The number of nitrogens with one attached hydrogen (secondary N) is 2. The summed E-state index contributed by atoms with van der Waals surface area (Å²) in [6.07, 6.45) is 1.73. The van der Waals surface area contributed by atoms with Gasteiger partial charge >= 0.3 is 0 Å². The van der Waals surface area contributed by atoms with Crippen LogP contribution in [0.1, 0.15) is 49.8 Å². The normalized spacial score (nSPS) is 12.8. The molecule has 2 rings (SSSR count). The van der Waals surface area contributed by atoms with E-state index >= 15 is 0 Å². The SMILES string of the molecule is CCN[C@H](C)CNC(=O)c1cc(C)nc2c1cnn2C(C)C. The fourth-order valence-corrected chi connectivity index (χ4v) is 2.47. The molecule has 0 saturated carbocycles. The van der Waals surface area contributed by atoms with Crippen molar-refractivity contribution in [3.63, 3.8) is 0 Å². The summed E-state index contributed by atoms with van der Waals surface area (Å²) >= 11 is 0. The second kappa shape index (κ2) is 6.87. The monoisotopic (exact) mass is 303 g/mol. The van der Waals surface area contributed by atoms with Crippen molar-refractivity contribution in [3.05, 3.63) is 23.5 Å². The molecule has 0 fully saturated rings. The number of rotatable bonds is 6. The van der Waals surface area contributed by atoms with Crippen LogP contribution >= 0.6 is 0 Å². The van der Waals surface area contributed by atoms with E-state index in [1.807, 2.05) is 45.4 Å². The maximum atomic E-state index is 12.5. The zero-order valence-electron chi connectivity index (χ0n) is 14.0. The highest BCUT2D eigenvalue weighted by atomic mass is 16.1. The lowest BCUT2D eigenvalue weighted by Crippen LogP contribution is -2.38. The second-order valence-corrected chi connectivity index (χ2v) is 5.90. The number of hydrogen-bond acceptors (Lipinski definition) is 4. The van der Waals surface area contributed by atoms with Crippen molar-refractivity contribution in [2.75, 3.05) is 13.1 Å². The molecule has 2 heterocycles. The van der Waals surface area contributed by atoms with E-state index in [4.69, 9.17) is 0 Å². The van der Waals surface area contributed by atoms with Gasteiger partial charge in [-0.25, -0.2) is 9.67 Å². The van der Waals surface area contributed by atoms with Crippen LogP contribution in [-0.2, 0) is 0 Å². The Hall–Kier alpha value is -1.95. The first-order chi connectivity index (χ1) is 10.4. The van der Waals surface area contributed by atoms with Crippen molar-refractivity contribution in [1.82, 2.24) is 25.4 Å². The summed E-state index contributed by atoms with van der Waals surface area (Å²) in [6, 6.07) is 2.27. The fourth-order valence-electron chi connectivity index (χ4n) is 2.47. The van der Waals surface area contributed by atoms with Gasteiger partial charge < -0.3 is 10.6 Å². The molecule has 0 bridgehead atoms. The maximum absolute atomic E-state index is 12.5. The van der Waals surface area contributed by atoms with Gasteiger partial charge in [0.1, 0.15) is 0 Å². The minimum absolute atomic E-state index is 0.0800. The van der Waals surface area contributed by atoms with Gasteiger partial charge in [-0.15, -0.1) is 0 Å². The number of likely N-dealkylation sites (N-methyl/N-ethyl adjacent to an activating group) is 1. The summed E-state index contributed by atoms with van der Waals surface area (Å²) in [5.41, 5.74) is 2.22. The third kappa shape index (κ3) is 3.44. The lowest BCUT2D eigenvalue weighted by Gasteiger charge is -2.14. The first-order valence-corrected chi connectivity index (χ1v) is 7.80. The van der Waals surface area contributed by atoms with Crippen LogP contribution in [0.5, 0.6) is 0 Å². The molecule has 0 saturated heterocycles. The van der Waals surface area contributed by atoms with Crippen LogP contribution in [0, 0.1) is 6.92 Å². The molecule has 6 nitrogen and oxygen atoms in total. The topological polar surface area (TPSA) is 71.8 Å². The molecule has 2 N–H and O–H groups in total. The fraction of sp³-hybridized carbons (Fsp3) is 0.562. The standard InChI is InChI=1S/C16H25N5O/c1-6-17-12(5)8-18-16(22)13-7-11(4)20-15-14(13)9-19-21(15)10(2)3/h7,9-10,12,17H,6,8H2,1-5H3,(H,18,22)/t12-/m1/s1. The molecule has 0 aliphatic heterocycles.